The molecule has 0 aliphatic rings. The third-order valence-electron chi connectivity index (χ3n) is 4.57. The predicted molar refractivity (Wildman–Crippen MR) is 116 cm³/mol. The summed E-state index contributed by atoms with van der Waals surface area (Å²) in [6.07, 6.45) is 0. The van der Waals surface area contributed by atoms with Gasteiger partial charge in [0.15, 0.2) is 0 Å². The minimum atomic E-state index is -0.436. The molecule has 0 amide bonds. The van der Waals surface area contributed by atoms with Crippen LogP contribution in [-0.2, 0) is 0 Å². The number of azo groups is 1. The van der Waals surface area contributed by atoms with Gasteiger partial charge in [-0.1, -0.05) is 42.0 Å². The average molecular weight is 382 g/mol. The standard InChI is InChI=1S/C23H18N4O2/c1-16-6-8-17(9-7-16)24-22-14-15-23(21-5-3-2-4-20(21)22)26-25-18-10-12-19(13-11-18)27(28)29/h2-15,24H,1H3. The lowest BCUT2D eigenvalue weighted by Gasteiger charge is -2.11. The molecular weight excluding hydrogens is 364 g/mol. The molecule has 4 aromatic rings. The topological polar surface area (TPSA) is 79.9 Å². The number of hydrogen-bond donors (Lipinski definition) is 1. The number of fused-ring (bicyclic) bond motifs is 1. The summed E-state index contributed by atoms with van der Waals surface area (Å²) in [6, 6.07) is 26.1. The fourth-order valence-corrected chi connectivity index (χ4v) is 3.02. The number of nitro benzene ring substituents is 1. The summed E-state index contributed by atoms with van der Waals surface area (Å²) in [7, 11) is 0. The fraction of sp³-hybridized carbons (Fsp3) is 0.0435. The first-order valence-electron chi connectivity index (χ1n) is 9.12. The van der Waals surface area contributed by atoms with Crippen molar-refractivity contribution in [2.75, 3.05) is 5.32 Å². The number of hydrogen-bond acceptors (Lipinski definition) is 5. The van der Waals surface area contributed by atoms with E-state index >= 15 is 0 Å². The summed E-state index contributed by atoms with van der Waals surface area (Å²) >= 11 is 0. The lowest BCUT2D eigenvalue weighted by Crippen LogP contribution is -1.91. The molecule has 142 valence electrons. The van der Waals surface area contributed by atoms with Crippen LogP contribution < -0.4 is 5.32 Å². The van der Waals surface area contributed by atoms with Crippen molar-refractivity contribution in [3.63, 3.8) is 0 Å². The number of anilines is 2. The van der Waals surface area contributed by atoms with Crippen molar-refractivity contribution in [2.24, 2.45) is 10.2 Å². The normalized spacial score (nSPS) is 11.1. The minimum Gasteiger partial charge on any atom is -0.355 e. The smallest absolute Gasteiger partial charge is 0.269 e. The number of rotatable bonds is 5. The van der Waals surface area contributed by atoms with E-state index in [1.54, 1.807) is 12.1 Å². The van der Waals surface area contributed by atoms with Crippen LogP contribution in [0.5, 0.6) is 0 Å². The van der Waals surface area contributed by atoms with E-state index in [1.807, 2.05) is 48.5 Å². The average Bonchev–Trinajstić information content (AvgIpc) is 2.75. The zero-order valence-electron chi connectivity index (χ0n) is 15.7. The second-order valence-electron chi connectivity index (χ2n) is 6.64. The maximum atomic E-state index is 10.8. The van der Waals surface area contributed by atoms with E-state index in [-0.39, 0.29) is 5.69 Å². The Balaban J connectivity index is 1.65. The fourth-order valence-electron chi connectivity index (χ4n) is 3.02. The van der Waals surface area contributed by atoms with Gasteiger partial charge in [-0.3, -0.25) is 10.1 Å². The van der Waals surface area contributed by atoms with E-state index in [4.69, 9.17) is 0 Å². The monoisotopic (exact) mass is 382 g/mol. The third kappa shape index (κ3) is 4.11. The van der Waals surface area contributed by atoms with Crippen molar-refractivity contribution < 1.29 is 4.92 Å². The van der Waals surface area contributed by atoms with E-state index in [9.17, 15) is 10.1 Å². The van der Waals surface area contributed by atoms with Crippen LogP contribution in [0, 0.1) is 17.0 Å². The van der Waals surface area contributed by atoms with E-state index in [2.05, 4.69) is 34.6 Å². The molecule has 0 unspecified atom stereocenters. The van der Waals surface area contributed by atoms with Crippen LogP contribution in [0.3, 0.4) is 0 Å². The Morgan fingerprint density at radius 1 is 0.793 bits per heavy atom. The van der Waals surface area contributed by atoms with Gasteiger partial charge in [-0.2, -0.15) is 5.11 Å². The van der Waals surface area contributed by atoms with Gasteiger partial charge in [0.25, 0.3) is 5.69 Å². The molecule has 0 aromatic heterocycles. The van der Waals surface area contributed by atoms with Gasteiger partial charge in [-0.05, 0) is 43.3 Å². The molecule has 6 nitrogen and oxygen atoms in total. The molecule has 1 N–H and O–H groups in total. The molecule has 0 heterocycles. The molecular formula is C23H18N4O2. The van der Waals surface area contributed by atoms with Gasteiger partial charge in [0.1, 0.15) is 0 Å². The van der Waals surface area contributed by atoms with Crippen LogP contribution in [0.25, 0.3) is 10.8 Å². The van der Waals surface area contributed by atoms with Crippen LogP contribution in [-0.4, -0.2) is 4.92 Å². The van der Waals surface area contributed by atoms with Crippen molar-refractivity contribution in [3.8, 4) is 0 Å². The van der Waals surface area contributed by atoms with Gasteiger partial charge in [-0.25, -0.2) is 0 Å². The lowest BCUT2D eigenvalue weighted by molar-refractivity contribution is -0.384. The Morgan fingerprint density at radius 2 is 1.48 bits per heavy atom. The largest absolute Gasteiger partial charge is 0.355 e. The van der Waals surface area contributed by atoms with Crippen LogP contribution in [0.15, 0.2) is 95.2 Å². The van der Waals surface area contributed by atoms with E-state index in [1.165, 1.54) is 17.7 Å². The van der Waals surface area contributed by atoms with Gasteiger partial charge in [0.05, 0.1) is 16.3 Å². The molecule has 0 spiro atoms. The zero-order valence-corrected chi connectivity index (χ0v) is 15.7. The van der Waals surface area contributed by atoms with Crippen molar-refractivity contribution in [1.82, 2.24) is 0 Å². The highest BCUT2D eigenvalue weighted by Gasteiger charge is 2.07. The van der Waals surface area contributed by atoms with Crippen molar-refractivity contribution in [2.45, 2.75) is 6.92 Å². The van der Waals surface area contributed by atoms with Gasteiger partial charge in [0.2, 0.25) is 0 Å². The van der Waals surface area contributed by atoms with E-state index in [0.717, 1.165) is 27.8 Å². The van der Waals surface area contributed by atoms with Crippen LogP contribution in [0.2, 0.25) is 0 Å². The first kappa shape index (κ1) is 18.3. The summed E-state index contributed by atoms with van der Waals surface area (Å²) in [5, 5.41) is 24.8. The quantitative estimate of drug-likeness (QED) is 0.225. The second-order valence-corrected chi connectivity index (χ2v) is 6.64. The number of benzene rings is 4. The Labute approximate surface area is 167 Å². The van der Waals surface area contributed by atoms with E-state index in [0.29, 0.717) is 5.69 Å². The van der Waals surface area contributed by atoms with Crippen LogP contribution in [0.4, 0.5) is 28.4 Å². The molecule has 0 saturated carbocycles. The second kappa shape index (κ2) is 7.90. The first-order valence-corrected chi connectivity index (χ1v) is 9.12. The molecule has 0 atom stereocenters. The third-order valence-corrected chi connectivity index (χ3v) is 4.57. The maximum absolute atomic E-state index is 10.8. The number of nitrogens with zero attached hydrogens (tertiary/aromatic N) is 3. The van der Waals surface area contributed by atoms with Crippen LogP contribution >= 0.6 is 0 Å². The van der Waals surface area contributed by atoms with Gasteiger partial charge >= 0.3 is 0 Å². The van der Waals surface area contributed by atoms with Gasteiger partial charge in [0, 0.05) is 34.3 Å². The Kier molecular flexibility index (Phi) is 4.99. The summed E-state index contributed by atoms with van der Waals surface area (Å²) in [5.74, 6) is 0. The van der Waals surface area contributed by atoms with Crippen molar-refractivity contribution in [1.29, 1.82) is 0 Å². The Bertz CT molecular complexity index is 1200. The molecule has 0 aliphatic carbocycles. The molecule has 6 heteroatoms. The molecule has 0 aliphatic heterocycles. The number of nitro groups is 1. The SMILES string of the molecule is Cc1ccc(Nc2ccc(N=Nc3ccc([N+](=O)[O-])cc3)c3ccccc23)cc1. The number of nitrogens with one attached hydrogen (secondary N) is 1. The molecule has 0 bridgehead atoms. The molecule has 29 heavy (non-hydrogen) atoms. The summed E-state index contributed by atoms with van der Waals surface area (Å²) in [5.41, 5.74) is 4.53. The summed E-state index contributed by atoms with van der Waals surface area (Å²) in [6.45, 7) is 2.06. The Hall–Kier alpha value is -4.06. The van der Waals surface area contributed by atoms with Crippen molar-refractivity contribution in [3.05, 3.63) is 101 Å². The van der Waals surface area contributed by atoms with Crippen LogP contribution in [0.1, 0.15) is 5.56 Å². The molecule has 0 saturated heterocycles. The molecule has 4 aromatic carbocycles. The summed E-state index contributed by atoms with van der Waals surface area (Å²) < 4.78 is 0. The molecule has 0 fully saturated rings. The van der Waals surface area contributed by atoms with Gasteiger partial charge < -0.3 is 5.32 Å². The number of non-ortho nitro benzene ring substituents is 1. The van der Waals surface area contributed by atoms with Crippen molar-refractivity contribution >= 4 is 39.2 Å². The highest BCUT2D eigenvalue weighted by molar-refractivity contribution is 6.01. The predicted octanol–water partition coefficient (Wildman–Crippen LogP) is 7.22. The lowest BCUT2D eigenvalue weighted by atomic mass is 10.1. The maximum Gasteiger partial charge on any atom is 0.269 e. The first-order chi connectivity index (χ1) is 14.1. The summed E-state index contributed by atoms with van der Waals surface area (Å²) in [4.78, 5) is 10.3. The molecule has 0 radical (unpaired) electrons. The van der Waals surface area contributed by atoms with Gasteiger partial charge in [-0.15, -0.1) is 5.11 Å². The Morgan fingerprint density at radius 3 is 2.17 bits per heavy atom. The minimum absolute atomic E-state index is 0.0286. The molecule has 4 rings (SSSR count). The zero-order chi connectivity index (χ0) is 20.2. The highest BCUT2D eigenvalue weighted by atomic mass is 16.6. The number of aryl methyl sites for hydroxylation is 1. The van der Waals surface area contributed by atoms with E-state index < -0.39 is 4.92 Å². The highest BCUT2D eigenvalue weighted by Crippen LogP contribution is 2.34.